The van der Waals surface area contributed by atoms with Gasteiger partial charge in [-0.25, -0.2) is 0 Å². The maximum atomic E-state index is 5.39. The second kappa shape index (κ2) is 2.42. The van der Waals surface area contributed by atoms with Crippen molar-refractivity contribution in [2.24, 2.45) is 0 Å². The van der Waals surface area contributed by atoms with Gasteiger partial charge in [0.2, 0.25) is 0 Å². The maximum absolute atomic E-state index is 5.39. The third-order valence-electron chi connectivity index (χ3n) is 2.00. The Balaban J connectivity index is 2.58. The average molecular weight is 146 g/mol. The summed E-state index contributed by atoms with van der Waals surface area (Å²) < 4.78 is 5.39. The van der Waals surface area contributed by atoms with Gasteiger partial charge in [0.05, 0.1) is 6.61 Å². The van der Waals surface area contributed by atoms with E-state index in [1.54, 1.807) is 0 Å². The molecule has 0 aromatic heterocycles. The topological polar surface area (TPSA) is 9.23 Å². The SMILES string of the molecule is C=Cc1cccc2c1CCO2. The van der Waals surface area contributed by atoms with Crippen LogP contribution < -0.4 is 4.74 Å². The molecule has 0 spiro atoms. The summed E-state index contributed by atoms with van der Waals surface area (Å²) in [5.41, 5.74) is 2.52. The maximum Gasteiger partial charge on any atom is 0.123 e. The van der Waals surface area contributed by atoms with E-state index in [4.69, 9.17) is 4.74 Å². The monoisotopic (exact) mass is 146 g/mol. The first-order valence-corrected chi connectivity index (χ1v) is 3.79. The van der Waals surface area contributed by atoms with Crippen molar-refractivity contribution in [2.75, 3.05) is 6.61 Å². The van der Waals surface area contributed by atoms with Crippen LogP contribution in [0.1, 0.15) is 11.1 Å². The first kappa shape index (κ1) is 6.47. The first-order chi connectivity index (χ1) is 5.42. The highest BCUT2D eigenvalue weighted by molar-refractivity contribution is 5.57. The van der Waals surface area contributed by atoms with Gasteiger partial charge in [-0.15, -0.1) is 0 Å². The van der Waals surface area contributed by atoms with Crippen LogP contribution in [-0.4, -0.2) is 6.61 Å². The molecule has 11 heavy (non-hydrogen) atoms. The van der Waals surface area contributed by atoms with E-state index in [2.05, 4.69) is 12.6 Å². The van der Waals surface area contributed by atoms with Crippen molar-refractivity contribution in [1.82, 2.24) is 0 Å². The fourth-order valence-corrected chi connectivity index (χ4v) is 1.44. The molecule has 0 saturated heterocycles. The molecule has 1 aromatic carbocycles. The lowest BCUT2D eigenvalue weighted by Gasteiger charge is -2.00. The Morgan fingerprint density at radius 1 is 1.45 bits per heavy atom. The van der Waals surface area contributed by atoms with Gasteiger partial charge >= 0.3 is 0 Å². The Hall–Kier alpha value is -1.24. The highest BCUT2D eigenvalue weighted by Crippen LogP contribution is 2.28. The normalized spacial score (nSPS) is 13.8. The lowest BCUT2D eigenvalue weighted by Crippen LogP contribution is -1.86. The molecule has 0 aliphatic carbocycles. The number of hydrogen-bond acceptors (Lipinski definition) is 1. The first-order valence-electron chi connectivity index (χ1n) is 3.79. The predicted molar refractivity (Wildman–Crippen MR) is 45.7 cm³/mol. The van der Waals surface area contributed by atoms with Crippen LogP contribution in [0.2, 0.25) is 0 Å². The van der Waals surface area contributed by atoms with Gasteiger partial charge in [0.15, 0.2) is 0 Å². The predicted octanol–water partition coefficient (Wildman–Crippen LogP) is 2.26. The van der Waals surface area contributed by atoms with Crippen LogP contribution in [0, 0.1) is 0 Å². The van der Waals surface area contributed by atoms with E-state index in [1.165, 1.54) is 11.1 Å². The van der Waals surface area contributed by atoms with E-state index in [1.807, 2.05) is 18.2 Å². The van der Waals surface area contributed by atoms with Crippen molar-refractivity contribution in [3.8, 4) is 5.75 Å². The van der Waals surface area contributed by atoms with Crippen LogP contribution in [0.15, 0.2) is 24.8 Å². The standard InChI is InChI=1S/C10H10O/c1-2-8-4-3-5-10-9(8)6-7-11-10/h2-5H,1,6-7H2. The Labute approximate surface area is 66.3 Å². The number of benzene rings is 1. The molecule has 1 aromatic rings. The van der Waals surface area contributed by atoms with Crippen molar-refractivity contribution in [1.29, 1.82) is 0 Å². The highest BCUT2D eigenvalue weighted by Gasteiger charge is 2.13. The van der Waals surface area contributed by atoms with Gasteiger partial charge in [-0.3, -0.25) is 0 Å². The van der Waals surface area contributed by atoms with Crippen LogP contribution in [0.4, 0.5) is 0 Å². The van der Waals surface area contributed by atoms with E-state index < -0.39 is 0 Å². The Morgan fingerprint density at radius 2 is 2.36 bits per heavy atom. The molecule has 56 valence electrons. The summed E-state index contributed by atoms with van der Waals surface area (Å²) in [5.74, 6) is 1.03. The van der Waals surface area contributed by atoms with Crippen molar-refractivity contribution in [2.45, 2.75) is 6.42 Å². The zero-order chi connectivity index (χ0) is 7.68. The second-order valence-corrected chi connectivity index (χ2v) is 2.63. The molecule has 0 saturated carbocycles. The zero-order valence-corrected chi connectivity index (χ0v) is 6.34. The minimum absolute atomic E-state index is 0.820. The van der Waals surface area contributed by atoms with Crippen molar-refractivity contribution in [3.05, 3.63) is 35.9 Å². The second-order valence-electron chi connectivity index (χ2n) is 2.63. The summed E-state index contributed by atoms with van der Waals surface area (Å²) in [5, 5.41) is 0. The number of ether oxygens (including phenoxy) is 1. The molecule has 0 fully saturated rings. The molecule has 0 bridgehead atoms. The lowest BCUT2D eigenvalue weighted by molar-refractivity contribution is 0.357. The minimum atomic E-state index is 0.820. The van der Waals surface area contributed by atoms with Crippen LogP contribution in [0.5, 0.6) is 5.75 Å². The molecule has 1 aliphatic heterocycles. The summed E-state index contributed by atoms with van der Waals surface area (Å²) in [7, 11) is 0. The van der Waals surface area contributed by atoms with E-state index in [0.29, 0.717) is 0 Å². The summed E-state index contributed by atoms with van der Waals surface area (Å²) in [6.07, 6.45) is 2.91. The number of rotatable bonds is 1. The molecule has 1 nitrogen and oxygen atoms in total. The molecular formula is C10H10O. The van der Waals surface area contributed by atoms with Crippen molar-refractivity contribution < 1.29 is 4.74 Å². The Bertz CT molecular complexity index is 289. The summed E-state index contributed by atoms with van der Waals surface area (Å²) >= 11 is 0. The van der Waals surface area contributed by atoms with Gasteiger partial charge in [-0.05, 0) is 11.6 Å². The average Bonchev–Trinajstić information content (AvgIpc) is 2.50. The number of fused-ring (bicyclic) bond motifs is 1. The third kappa shape index (κ3) is 0.929. The Kier molecular flexibility index (Phi) is 1.42. The summed E-state index contributed by atoms with van der Waals surface area (Å²) in [6, 6.07) is 6.08. The van der Waals surface area contributed by atoms with Gasteiger partial charge < -0.3 is 4.74 Å². The summed E-state index contributed by atoms with van der Waals surface area (Å²) in [6.45, 7) is 4.57. The van der Waals surface area contributed by atoms with Gasteiger partial charge in [-0.1, -0.05) is 24.8 Å². The quantitative estimate of drug-likeness (QED) is 0.590. The molecule has 0 N–H and O–H groups in total. The molecule has 0 atom stereocenters. The van der Waals surface area contributed by atoms with Gasteiger partial charge in [0, 0.05) is 12.0 Å². The fraction of sp³-hybridized carbons (Fsp3) is 0.200. The fourth-order valence-electron chi connectivity index (χ4n) is 1.44. The van der Waals surface area contributed by atoms with E-state index in [0.717, 1.165) is 18.8 Å². The highest BCUT2D eigenvalue weighted by atomic mass is 16.5. The van der Waals surface area contributed by atoms with Crippen molar-refractivity contribution in [3.63, 3.8) is 0 Å². The van der Waals surface area contributed by atoms with E-state index in [9.17, 15) is 0 Å². The van der Waals surface area contributed by atoms with Crippen LogP contribution in [0.25, 0.3) is 6.08 Å². The van der Waals surface area contributed by atoms with Gasteiger partial charge in [0.25, 0.3) is 0 Å². The zero-order valence-electron chi connectivity index (χ0n) is 6.34. The molecule has 1 heterocycles. The van der Waals surface area contributed by atoms with Crippen LogP contribution in [-0.2, 0) is 6.42 Å². The summed E-state index contributed by atoms with van der Waals surface area (Å²) in [4.78, 5) is 0. The molecule has 0 radical (unpaired) electrons. The molecular weight excluding hydrogens is 136 g/mol. The smallest absolute Gasteiger partial charge is 0.123 e. The minimum Gasteiger partial charge on any atom is -0.493 e. The van der Waals surface area contributed by atoms with Crippen molar-refractivity contribution >= 4 is 6.08 Å². The number of hydrogen-bond donors (Lipinski definition) is 0. The van der Waals surface area contributed by atoms with Gasteiger partial charge in [0.1, 0.15) is 5.75 Å². The molecule has 0 unspecified atom stereocenters. The lowest BCUT2D eigenvalue weighted by atomic mass is 10.1. The molecule has 1 aliphatic rings. The van der Waals surface area contributed by atoms with E-state index in [-0.39, 0.29) is 0 Å². The third-order valence-corrected chi connectivity index (χ3v) is 2.00. The largest absolute Gasteiger partial charge is 0.493 e. The van der Waals surface area contributed by atoms with E-state index >= 15 is 0 Å². The van der Waals surface area contributed by atoms with Gasteiger partial charge in [-0.2, -0.15) is 0 Å². The van der Waals surface area contributed by atoms with Crippen LogP contribution in [0.3, 0.4) is 0 Å². The molecule has 1 heteroatoms. The molecule has 0 amide bonds. The van der Waals surface area contributed by atoms with Crippen LogP contribution >= 0.6 is 0 Å². The molecule has 2 rings (SSSR count). The Morgan fingerprint density at radius 3 is 3.18 bits per heavy atom.